The second-order valence-electron chi connectivity index (χ2n) is 20.4. The van der Waals surface area contributed by atoms with Crippen LogP contribution in [0.15, 0.2) is 54.6 Å². The lowest BCUT2D eigenvalue weighted by Crippen LogP contribution is -2.53. The zero-order valence-corrected chi connectivity index (χ0v) is 45.6. The Morgan fingerprint density at radius 2 is 1.21 bits per heavy atom. The quantitative estimate of drug-likeness (QED) is 0.0471. The van der Waals surface area contributed by atoms with Crippen LogP contribution in [0.4, 0.5) is 20.1 Å². The highest BCUT2D eigenvalue weighted by molar-refractivity contribution is 6.01. The number of aryl methyl sites for hydroxylation is 1. The van der Waals surface area contributed by atoms with Gasteiger partial charge in [-0.25, -0.2) is 19.2 Å². The Kier molecular flexibility index (Phi) is 22.6. The number of benzene rings is 3. The number of nitrogens with zero attached hydrogens (tertiary/aromatic N) is 1. The van der Waals surface area contributed by atoms with Crippen molar-refractivity contribution in [3.8, 4) is 22.6 Å². The Morgan fingerprint density at radius 1 is 0.693 bits per heavy atom. The van der Waals surface area contributed by atoms with Gasteiger partial charge in [0, 0.05) is 36.8 Å². The number of rotatable bonds is 14. The minimum absolute atomic E-state index is 0.0256. The molecule has 7 amide bonds. The van der Waals surface area contributed by atoms with Crippen LogP contribution >= 0.6 is 0 Å². The summed E-state index contributed by atoms with van der Waals surface area (Å²) < 4.78 is 33.1. The number of carbonyl (C=O) groups is 8. The van der Waals surface area contributed by atoms with Crippen molar-refractivity contribution in [3.63, 3.8) is 0 Å². The van der Waals surface area contributed by atoms with Gasteiger partial charge in [0.15, 0.2) is 0 Å². The largest absolute Gasteiger partial charge is 0.491 e. The van der Waals surface area contributed by atoms with Crippen molar-refractivity contribution >= 4 is 53.6 Å². The lowest BCUT2D eigenvalue weighted by molar-refractivity contribution is -0.145. The van der Waals surface area contributed by atoms with Crippen LogP contribution < -0.4 is 47.1 Å². The van der Waals surface area contributed by atoms with Gasteiger partial charge in [-0.05, 0) is 136 Å². The van der Waals surface area contributed by atoms with Gasteiger partial charge in [-0.15, -0.1) is 0 Å². The van der Waals surface area contributed by atoms with Crippen LogP contribution in [0.5, 0.6) is 11.5 Å². The number of likely N-dealkylation sites (N-methyl/N-ethyl adjacent to an activating group) is 1. The van der Waals surface area contributed by atoms with Crippen molar-refractivity contribution in [3.05, 3.63) is 76.9 Å². The smallest absolute Gasteiger partial charge is 0.407 e. The second kappa shape index (κ2) is 27.5. The number of methoxy groups -OCH3 is 1. The van der Waals surface area contributed by atoms with Crippen molar-refractivity contribution < 1.29 is 66.8 Å². The van der Waals surface area contributed by atoms with Crippen LogP contribution in [0.25, 0.3) is 11.1 Å². The number of hydrogen-bond donors (Lipinski definition) is 7. The summed E-state index contributed by atoms with van der Waals surface area (Å²) in [5.41, 5.74) is 7.03. The Labute approximate surface area is 439 Å². The molecule has 4 rings (SSSR count). The number of nitrogens with two attached hydrogens (primary N) is 1. The minimum atomic E-state index is -1.41. The van der Waals surface area contributed by atoms with Gasteiger partial charge in [-0.1, -0.05) is 18.2 Å². The third-order valence-electron chi connectivity index (χ3n) is 10.3. The van der Waals surface area contributed by atoms with E-state index in [9.17, 15) is 38.4 Å². The number of amides is 7. The van der Waals surface area contributed by atoms with Crippen molar-refractivity contribution in [2.24, 2.45) is 0 Å². The molecule has 0 fully saturated rings. The summed E-state index contributed by atoms with van der Waals surface area (Å²) in [6, 6.07) is 10.9. The third-order valence-corrected chi connectivity index (χ3v) is 10.3. The van der Waals surface area contributed by atoms with E-state index in [0.29, 0.717) is 23.2 Å². The summed E-state index contributed by atoms with van der Waals surface area (Å²) >= 11 is 0. The molecule has 1 aliphatic heterocycles. The number of nitrogens with one attached hydrogen (secondary N) is 6. The second-order valence-corrected chi connectivity index (χ2v) is 20.4. The first kappa shape index (κ1) is 61.5. The molecule has 8 N–H and O–H groups in total. The minimum Gasteiger partial charge on any atom is -0.491 e. The number of nitrogen functional groups attached to an aromatic ring is 1. The van der Waals surface area contributed by atoms with Gasteiger partial charge in [0.05, 0.1) is 32.3 Å². The summed E-state index contributed by atoms with van der Waals surface area (Å²) in [5, 5.41) is 15.7. The van der Waals surface area contributed by atoms with E-state index in [4.69, 9.17) is 34.2 Å². The van der Waals surface area contributed by atoms with Gasteiger partial charge in [0.25, 0.3) is 5.91 Å². The molecular formula is C53H76N8O14. The fourth-order valence-corrected chi connectivity index (χ4v) is 6.99. The summed E-state index contributed by atoms with van der Waals surface area (Å²) in [7, 11) is 2.56. The molecule has 0 aliphatic carbocycles. The standard InChI is InChI=1S/C46H61N7O12.C7H15NO2/c1-26-11-14-30(33(47)21-26)40(56)50-25-37(54)53(9)38-29-13-16-36(63-20-18-49-44(60)65-46(6,7)8)32(24-29)31-22-28(12-15-35(31)62-19-17-48-43(59)64-45(3,4)5)23-34(42(58)61-10)52-39(55)27(2)51-41(38)57;1-5-8-6(9)10-7(2,3)4/h11-16,21-22,24,27,34,38H,17-20,23,25,47H2,1-10H3,(H,48,59)(H,49,60)(H,50,56)(H,51,57)(H,52,55);5H2,1-4H3,(H,8,9)/t27-,34?,38?;/m0./s1. The SMILES string of the molecule is CCNC(=O)OC(C)(C)C.COC(=O)C1Cc2ccc(OCCNC(=O)OC(C)(C)C)c(c2)-c2cc(ccc2OCCNC(=O)OC(C)(C)C)C(N(C)C(=O)CNC(=O)c2ccc(C)cc2N)C(=O)N[C@@H](C)C(=O)N1. The van der Waals surface area contributed by atoms with Crippen LogP contribution in [0, 0.1) is 6.92 Å². The van der Waals surface area contributed by atoms with Crippen LogP contribution in [0.3, 0.4) is 0 Å². The van der Waals surface area contributed by atoms with Gasteiger partial charge in [-0.3, -0.25) is 19.2 Å². The van der Waals surface area contributed by atoms with E-state index in [1.165, 1.54) is 21.1 Å². The van der Waals surface area contributed by atoms with Gasteiger partial charge in [0.2, 0.25) is 17.7 Å². The van der Waals surface area contributed by atoms with E-state index in [-0.39, 0.29) is 72.7 Å². The van der Waals surface area contributed by atoms with Crippen molar-refractivity contribution in [1.29, 1.82) is 0 Å². The van der Waals surface area contributed by atoms with E-state index in [2.05, 4.69) is 31.9 Å². The predicted octanol–water partition coefficient (Wildman–Crippen LogP) is 5.23. The highest BCUT2D eigenvalue weighted by Crippen LogP contribution is 2.40. The number of anilines is 1. The number of fused-ring (bicyclic) bond motifs is 5. The summed E-state index contributed by atoms with van der Waals surface area (Å²) in [5.74, 6) is -2.96. The third kappa shape index (κ3) is 20.9. The monoisotopic (exact) mass is 1050 g/mol. The normalized spacial score (nSPS) is 15.6. The molecule has 3 aromatic rings. The van der Waals surface area contributed by atoms with Crippen LogP contribution in [-0.2, 0) is 44.5 Å². The zero-order chi connectivity index (χ0) is 56.4. The Balaban J connectivity index is 0.00000134. The zero-order valence-electron chi connectivity index (χ0n) is 45.6. The fraction of sp³-hybridized carbons (Fsp3) is 0.509. The molecule has 0 saturated carbocycles. The molecule has 0 saturated heterocycles. The Morgan fingerprint density at radius 3 is 1.72 bits per heavy atom. The average molecular weight is 1050 g/mol. The van der Waals surface area contributed by atoms with E-state index in [1.807, 2.05) is 34.6 Å². The average Bonchev–Trinajstić information content (AvgIpc) is 3.29. The molecular weight excluding hydrogens is 973 g/mol. The molecule has 412 valence electrons. The molecule has 0 aromatic heterocycles. The molecule has 3 atom stereocenters. The lowest BCUT2D eigenvalue weighted by atomic mass is 9.93. The van der Waals surface area contributed by atoms with E-state index in [0.717, 1.165) is 10.5 Å². The number of carbonyl (C=O) groups excluding carboxylic acids is 8. The molecule has 22 nitrogen and oxygen atoms in total. The predicted molar refractivity (Wildman–Crippen MR) is 280 cm³/mol. The lowest BCUT2D eigenvalue weighted by Gasteiger charge is -2.30. The van der Waals surface area contributed by atoms with Crippen LogP contribution in [0.2, 0.25) is 0 Å². The number of ether oxygens (including phenoxy) is 6. The van der Waals surface area contributed by atoms with Gasteiger partial charge < -0.3 is 71.0 Å². The van der Waals surface area contributed by atoms with Crippen molar-refractivity contribution in [2.75, 3.05) is 59.3 Å². The molecule has 1 aliphatic rings. The van der Waals surface area contributed by atoms with E-state index in [1.54, 1.807) is 96.1 Å². The van der Waals surface area contributed by atoms with E-state index >= 15 is 0 Å². The first-order chi connectivity index (χ1) is 34.9. The highest BCUT2D eigenvalue weighted by Gasteiger charge is 2.34. The fourth-order valence-electron chi connectivity index (χ4n) is 6.99. The van der Waals surface area contributed by atoms with Crippen LogP contribution in [0.1, 0.15) is 109 Å². The molecule has 3 aromatic carbocycles. The first-order valence-corrected chi connectivity index (χ1v) is 24.4. The number of alkyl carbamates (subject to hydrolysis) is 3. The van der Waals surface area contributed by atoms with E-state index < -0.39 is 77.7 Å². The van der Waals surface area contributed by atoms with Crippen molar-refractivity contribution in [1.82, 2.24) is 36.8 Å². The first-order valence-electron chi connectivity index (χ1n) is 24.4. The Hall–Kier alpha value is -7.78. The highest BCUT2D eigenvalue weighted by atomic mass is 16.6. The molecule has 0 radical (unpaired) electrons. The van der Waals surface area contributed by atoms with Crippen LogP contribution in [-0.4, -0.2) is 135 Å². The summed E-state index contributed by atoms with van der Waals surface area (Å²) in [6.45, 7) is 21.1. The Bertz CT molecular complexity index is 2510. The maximum Gasteiger partial charge on any atom is 0.407 e. The van der Waals surface area contributed by atoms with Gasteiger partial charge >= 0.3 is 24.2 Å². The van der Waals surface area contributed by atoms with Gasteiger partial charge in [0.1, 0.15) is 59.6 Å². The number of hydrogen-bond acceptors (Lipinski definition) is 15. The van der Waals surface area contributed by atoms with Gasteiger partial charge in [-0.2, -0.15) is 0 Å². The van der Waals surface area contributed by atoms with Crippen molar-refractivity contribution in [2.45, 2.75) is 124 Å². The maximum absolute atomic E-state index is 14.4. The topological polar surface area (TPSA) is 293 Å². The molecule has 4 bridgehead atoms. The molecule has 22 heteroatoms. The molecule has 75 heavy (non-hydrogen) atoms. The summed E-state index contributed by atoms with van der Waals surface area (Å²) in [6.07, 6.45) is -1.69. The molecule has 2 unspecified atom stereocenters. The molecule has 1 heterocycles. The number of esters is 1. The molecule has 0 spiro atoms. The summed E-state index contributed by atoms with van der Waals surface area (Å²) in [4.78, 5) is 105. The maximum atomic E-state index is 14.4.